The molecule has 72 valence electrons. The van der Waals surface area contributed by atoms with E-state index < -0.39 is 9.84 Å². The van der Waals surface area contributed by atoms with Crippen molar-refractivity contribution in [1.82, 2.24) is 0 Å². The summed E-state index contributed by atoms with van der Waals surface area (Å²) in [7, 11) is -3.38. The van der Waals surface area contributed by atoms with Crippen molar-refractivity contribution in [2.24, 2.45) is 0 Å². The molecule has 0 heterocycles. The zero-order valence-electron chi connectivity index (χ0n) is 7.95. The standard InChI is InChI=1S/C10H14O2S/c1-5-9(6-2)13(11,12)10(7-3)8-4/h5-8H,1,3H2,2,4H3. The molecule has 0 saturated heterocycles. The van der Waals surface area contributed by atoms with E-state index in [1.807, 2.05) is 0 Å². The average Bonchev–Trinajstić information content (AvgIpc) is 2.07. The second-order valence-electron chi connectivity index (χ2n) is 2.29. The second kappa shape index (κ2) is 4.82. The van der Waals surface area contributed by atoms with E-state index in [1.165, 1.54) is 24.3 Å². The van der Waals surface area contributed by atoms with E-state index in [1.54, 1.807) is 13.8 Å². The minimum absolute atomic E-state index is 0.209. The summed E-state index contributed by atoms with van der Waals surface area (Å²) in [6.07, 6.45) is 5.66. The molecule has 0 spiro atoms. The first-order valence-electron chi connectivity index (χ1n) is 3.87. The van der Waals surface area contributed by atoms with Crippen molar-refractivity contribution in [2.45, 2.75) is 13.8 Å². The Morgan fingerprint density at radius 2 is 1.31 bits per heavy atom. The zero-order valence-corrected chi connectivity index (χ0v) is 8.76. The van der Waals surface area contributed by atoms with Crippen LogP contribution in [0.15, 0.2) is 47.3 Å². The van der Waals surface area contributed by atoms with Gasteiger partial charge >= 0.3 is 0 Å². The number of hydrogen-bond acceptors (Lipinski definition) is 2. The highest BCUT2D eigenvalue weighted by Gasteiger charge is 2.16. The summed E-state index contributed by atoms with van der Waals surface area (Å²) in [5.74, 6) is 0. The van der Waals surface area contributed by atoms with Crippen molar-refractivity contribution >= 4 is 9.84 Å². The molecule has 0 amide bonds. The topological polar surface area (TPSA) is 34.1 Å². The Hall–Kier alpha value is -1.09. The molecule has 0 aromatic rings. The van der Waals surface area contributed by atoms with E-state index in [0.717, 1.165) is 0 Å². The van der Waals surface area contributed by atoms with Gasteiger partial charge in [-0.15, -0.1) is 0 Å². The Kier molecular flexibility index (Phi) is 4.42. The quantitative estimate of drug-likeness (QED) is 0.651. The number of hydrogen-bond donors (Lipinski definition) is 0. The normalized spacial score (nSPS) is 14.0. The molecule has 0 aromatic carbocycles. The van der Waals surface area contributed by atoms with Crippen molar-refractivity contribution in [1.29, 1.82) is 0 Å². The van der Waals surface area contributed by atoms with E-state index in [-0.39, 0.29) is 9.81 Å². The molecule has 0 bridgehead atoms. The highest BCUT2D eigenvalue weighted by molar-refractivity contribution is 7.99. The van der Waals surface area contributed by atoms with Crippen molar-refractivity contribution in [3.8, 4) is 0 Å². The summed E-state index contributed by atoms with van der Waals surface area (Å²) in [5.41, 5.74) is 0. The lowest BCUT2D eigenvalue weighted by molar-refractivity contribution is 0.609. The molecular formula is C10H14O2S. The minimum Gasteiger partial charge on any atom is -0.219 e. The van der Waals surface area contributed by atoms with Gasteiger partial charge < -0.3 is 0 Å². The summed E-state index contributed by atoms with van der Waals surface area (Å²) in [6.45, 7) is 10.2. The van der Waals surface area contributed by atoms with Crippen LogP contribution in [0.1, 0.15) is 13.8 Å². The number of allylic oxidation sites excluding steroid dienone is 4. The van der Waals surface area contributed by atoms with Gasteiger partial charge in [0.2, 0.25) is 9.84 Å². The fraction of sp³-hybridized carbons (Fsp3) is 0.200. The molecule has 0 aliphatic heterocycles. The Morgan fingerprint density at radius 3 is 1.46 bits per heavy atom. The summed E-state index contributed by atoms with van der Waals surface area (Å²) >= 11 is 0. The molecule has 13 heavy (non-hydrogen) atoms. The maximum absolute atomic E-state index is 11.7. The van der Waals surface area contributed by atoms with Gasteiger partial charge in [-0.3, -0.25) is 0 Å². The third-order valence-corrected chi connectivity index (χ3v) is 3.64. The van der Waals surface area contributed by atoms with Crippen LogP contribution < -0.4 is 0 Å². The monoisotopic (exact) mass is 198 g/mol. The third kappa shape index (κ3) is 2.42. The molecule has 0 N–H and O–H groups in total. The minimum atomic E-state index is -3.38. The van der Waals surface area contributed by atoms with E-state index in [9.17, 15) is 8.42 Å². The van der Waals surface area contributed by atoms with Crippen LogP contribution in [0, 0.1) is 0 Å². The first kappa shape index (κ1) is 11.9. The lowest BCUT2D eigenvalue weighted by Crippen LogP contribution is -2.03. The Morgan fingerprint density at radius 1 is 1.00 bits per heavy atom. The summed E-state index contributed by atoms with van der Waals surface area (Å²) in [4.78, 5) is 0.418. The van der Waals surface area contributed by atoms with Crippen LogP contribution >= 0.6 is 0 Å². The lowest BCUT2D eigenvalue weighted by Gasteiger charge is -2.03. The van der Waals surface area contributed by atoms with Crippen molar-refractivity contribution < 1.29 is 8.42 Å². The molecule has 0 aliphatic carbocycles. The van der Waals surface area contributed by atoms with Gasteiger partial charge in [-0.1, -0.05) is 37.5 Å². The Balaban J connectivity index is 5.45. The maximum Gasteiger partial charge on any atom is 0.205 e. The van der Waals surface area contributed by atoms with Gasteiger partial charge in [0.05, 0.1) is 9.81 Å². The van der Waals surface area contributed by atoms with E-state index in [4.69, 9.17) is 0 Å². The molecule has 0 aliphatic rings. The van der Waals surface area contributed by atoms with Crippen LogP contribution in [-0.2, 0) is 9.84 Å². The van der Waals surface area contributed by atoms with Gasteiger partial charge in [-0.25, -0.2) is 8.42 Å². The van der Waals surface area contributed by atoms with E-state index in [0.29, 0.717) is 0 Å². The summed E-state index contributed by atoms with van der Waals surface area (Å²) in [5, 5.41) is 0. The van der Waals surface area contributed by atoms with Crippen molar-refractivity contribution in [3.63, 3.8) is 0 Å². The first-order valence-corrected chi connectivity index (χ1v) is 5.35. The van der Waals surface area contributed by atoms with E-state index in [2.05, 4.69) is 13.2 Å². The van der Waals surface area contributed by atoms with Crippen molar-refractivity contribution in [2.75, 3.05) is 0 Å². The summed E-state index contributed by atoms with van der Waals surface area (Å²) < 4.78 is 23.4. The molecule has 0 aromatic heterocycles. The first-order chi connectivity index (χ1) is 6.04. The molecule has 0 rings (SSSR count). The Bertz CT molecular complexity index is 326. The molecule has 2 nitrogen and oxygen atoms in total. The van der Waals surface area contributed by atoms with Gasteiger partial charge in [0.25, 0.3) is 0 Å². The van der Waals surface area contributed by atoms with Gasteiger partial charge in [-0.2, -0.15) is 0 Å². The smallest absolute Gasteiger partial charge is 0.205 e. The molecule has 0 saturated carbocycles. The Labute approximate surface area is 79.9 Å². The lowest BCUT2D eigenvalue weighted by atomic mass is 10.5. The van der Waals surface area contributed by atoms with Crippen LogP contribution in [0.2, 0.25) is 0 Å². The van der Waals surface area contributed by atoms with Crippen LogP contribution in [0.25, 0.3) is 0 Å². The molecule has 3 heteroatoms. The third-order valence-electron chi connectivity index (χ3n) is 1.59. The molecule has 0 radical (unpaired) electrons. The highest BCUT2D eigenvalue weighted by atomic mass is 32.2. The molecule has 0 unspecified atom stereocenters. The zero-order chi connectivity index (χ0) is 10.5. The predicted molar refractivity (Wildman–Crippen MR) is 56.8 cm³/mol. The molecule has 0 atom stereocenters. The summed E-state index contributed by atoms with van der Waals surface area (Å²) in [6, 6.07) is 0. The van der Waals surface area contributed by atoms with Crippen molar-refractivity contribution in [3.05, 3.63) is 47.3 Å². The van der Waals surface area contributed by atoms with Crippen LogP contribution in [0.4, 0.5) is 0 Å². The van der Waals surface area contributed by atoms with Crippen LogP contribution in [0.3, 0.4) is 0 Å². The average molecular weight is 198 g/mol. The SMILES string of the molecule is C=CC(=CC)S(=O)(=O)C(C=C)=CC. The maximum atomic E-state index is 11.7. The van der Waals surface area contributed by atoms with Crippen LogP contribution in [0.5, 0.6) is 0 Å². The number of sulfone groups is 1. The van der Waals surface area contributed by atoms with Gasteiger partial charge in [0, 0.05) is 0 Å². The van der Waals surface area contributed by atoms with Crippen LogP contribution in [-0.4, -0.2) is 8.42 Å². The predicted octanol–water partition coefficient (Wildman–Crippen LogP) is 2.58. The second-order valence-corrected chi connectivity index (χ2v) is 4.24. The fourth-order valence-electron chi connectivity index (χ4n) is 0.902. The number of rotatable bonds is 4. The van der Waals surface area contributed by atoms with Gasteiger partial charge in [0.1, 0.15) is 0 Å². The largest absolute Gasteiger partial charge is 0.219 e. The van der Waals surface area contributed by atoms with Gasteiger partial charge in [-0.05, 0) is 13.8 Å². The van der Waals surface area contributed by atoms with Gasteiger partial charge in [0.15, 0.2) is 0 Å². The molecular weight excluding hydrogens is 184 g/mol. The fourth-order valence-corrected chi connectivity index (χ4v) is 2.23. The van der Waals surface area contributed by atoms with E-state index >= 15 is 0 Å². The molecule has 0 fully saturated rings. The highest BCUT2D eigenvalue weighted by Crippen LogP contribution is 2.18.